The van der Waals surface area contributed by atoms with Crippen LogP contribution in [0.5, 0.6) is 0 Å². The second-order valence-corrected chi connectivity index (χ2v) is 16.9. The summed E-state index contributed by atoms with van der Waals surface area (Å²) in [5, 5.41) is 0. The molecule has 0 saturated carbocycles. The van der Waals surface area contributed by atoms with Gasteiger partial charge in [0, 0.05) is 47.4 Å². The highest BCUT2D eigenvalue weighted by molar-refractivity contribution is 7.73. The van der Waals surface area contributed by atoms with E-state index in [0.717, 1.165) is 0 Å². The van der Waals surface area contributed by atoms with E-state index < -0.39 is 22.3 Å². The molecule has 0 rings (SSSR count). The molecule has 0 fully saturated rings. The zero-order valence-corrected chi connectivity index (χ0v) is 21.0. The molecule has 0 heterocycles. The monoisotopic (exact) mass is 436 g/mol. The van der Waals surface area contributed by atoms with E-state index in [9.17, 15) is 13.7 Å². The minimum atomic E-state index is -3.29. The Bertz CT molecular complexity index is 539. The van der Waals surface area contributed by atoms with Crippen LogP contribution in [-0.2, 0) is 31.8 Å². The van der Waals surface area contributed by atoms with Gasteiger partial charge in [0.15, 0.2) is 7.37 Å². The van der Waals surface area contributed by atoms with E-state index >= 15 is 0 Å². The second-order valence-electron chi connectivity index (χ2n) is 8.75. The van der Waals surface area contributed by atoms with Gasteiger partial charge >= 0.3 is 7.60 Å². The molecule has 0 aromatic carbocycles. The summed E-state index contributed by atoms with van der Waals surface area (Å²) in [4.78, 5) is 0. The van der Waals surface area contributed by atoms with Gasteiger partial charge in [-0.3, -0.25) is 13.7 Å². The zero-order chi connectivity index (χ0) is 21.4. The molecule has 0 spiro atoms. The van der Waals surface area contributed by atoms with E-state index in [1.165, 1.54) is 28.4 Å². The standard InChI is InChI=1S/C9H22O5P2.C7H17O2P/c1-9(2,3)7-15(10,12-4)8-16(11,13-5)14-6;1-7(2,3)6-10(5,8)9-4/h7-8H2,1-6H3;6H2,1-5H3. The summed E-state index contributed by atoms with van der Waals surface area (Å²) in [6.07, 6.45) is 0.990. The van der Waals surface area contributed by atoms with E-state index in [1.807, 2.05) is 20.8 Å². The van der Waals surface area contributed by atoms with Crippen molar-refractivity contribution in [2.24, 2.45) is 10.8 Å². The quantitative estimate of drug-likeness (QED) is 0.432. The van der Waals surface area contributed by atoms with Gasteiger partial charge in [-0.05, 0) is 10.8 Å². The molecule has 0 saturated heterocycles. The van der Waals surface area contributed by atoms with Gasteiger partial charge in [-0.25, -0.2) is 0 Å². The molecule has 0 N–H and O–H groups in total. The molecule has 0 aliphatic carbocycles. The van der Waals surface area contributed by atoms with Crippen molar-refractivity contribution in [1.82, 2.24) is 0 Å². The van der Waals surface area contributed by atoms with Crippen LogP contribution in [0.15, 0.2) is 0 Å². The Morgan fingerprint density at radius 3 is 1.23 bits per heavy atom. The van der Waals surface area contributed by atoms with Crippen molar-refractivity contribution in [1.29, 1.82) is 0 Å². The Kier molecular flexibility index (Phi) is 12.1. The first-order valence-corrected chi connectivity index (χ1v) is 14.3. The highest BCUT2D eigenvalue weighted by Gasteiger charge is 2.38. The molecular formula is C16H39O7P3. The second kappa shape index (κ2) is 10.9. The van der Waals surface area contributed by atoms with Crippen LogP contribution in [-0.4, -0.2) is 53.3 Å². The van der Waals surface area contributed by atoms with Crippen molar-refractivity contribution < 1.29 is 31.8 Å². The molecule has 160 valence electrons. The number of hydrogen-bond donors (Lipinski definition) is 0. The van der Waals surface area contributed by atoms with Crippen LogP contribution < -0.4 is 0 Å². The molecular weight excluding hydrogens is 397 g/mol. The van der Waals surface area contributed by atoms with Crippen LogP contribution in [0.1, 0.15) is 41.5 Å². The van der Waals surface area contributed by atoms with Crippen molar-refractivity contribution in [2.75, 3.05) is 53.3 Å². The summed E-state index contributed by atoms with van der Waals surface area (Å²) in [5.74, 6) is -0.180. The lowest BCUT2D eigenvalue weighted by Gasteiger charge is -2.26. The highest BCUT2D eigenvalue weighted by Crippen LogP contribution is 2.63. The van der Waals surface area contributed by atoms with Crippen molar-refractivity contribution in [3.8, 4) is 0 Å². The maximum atomic E-state index is 12.4. The SMILES string of the molecule is COP(=O)(CC(C)(C)C)CP(=O)(OC)OC.COP(C)(=O)CC(C)(C)C. The fourth-order valence-corrected chi connectivity index (χ4v) is 9.75. The van der Waals surface area contributed by atoms with Gasteiger partial charge in [0.05, 0.1) is 0 Å². The summed E-state index contributed by atoms with van der Waals surface area (Å²) < 4.78 is 55.1. The van der Waals surface area contributed by atoms with Crippen LogP contribution in [0.2, 0.25) is 0 Å². The lowest BCUT2D eigenvalue weighted by atomic mass is 10.0. The van der Waals surface area contributed by atoms with Gasteiger partial charge in [-0.1, -0.05) is 41.5 Å². The molecule has 26 heavy (non-hydrogen) atoms. The van der Waals surface area contributed by atoms with Crippen LogP contribution in [0.4, 0.5) is 0 Å². The van der Waals surface area contributed by atoms with Gasteiger partial charge in [-0.2, -0.15) is 0 Å². The van der Waals surface area contributed by atoms with E-state index in [-0.39, 0.29) is 16.7 Å². The average Bonchev–Trinajstić information content (AvgIpc) is 2.43. The van der Waals surface area contributed by atoms with E-state index in [1.54, 1.807) is 6.66 Å². The smallest absolute Gasteiger partial charge is 0.332 e. The van der Waals surface area contributed by atoms with Crippen molar-refractivity contribution in [2.45, 2.75) is 41.5 Å². The van der Waals surface area contributed by atoms with Gasteiger partial charge in [0.2, 0.25) is 7.37 Å². The van der Waals surface area contributed by atoms with Crippen LogP contribution in [0.25, 0.3) is 0 Å². The summed E-state index contributed by atoms with van der Waals surface area (Å²) in [7, 11) is -3.15. The van der Waals surface area contributed by atoms with Crippen molar-refractivity contribution in [3.63, 3.8) is 0 Å². The molecule has 10 heteroatoms. The zero-order valence-electron chi connectivity index (χ0n) is 18.3. The third-order valence-corrected chi connectivity index (χ3v) is 11.8. The first-order chi connectivity index (χ1) is 11.4. The Balaban J connectivity index is 0. The fourth-order valence-electron chi connectivity index (χ4n) is 2.28. The molecule has 7 nitrogen and oxygen atoms in total. The molecule has 0 aromatic heterocycles. The molecule has 2 atom stereocenters. The minimum Gasteiger partial charge on any atom is -0.332 e. The Morgan fingerprint density at radius 2 is 1.04 bits per heavy atom. The Labute approximate surface area is 160 Å². The normalized spacial score (nSPS) is 17.7. The first kappa shape index (κ1) is 28.7. The van der Waals surface area contributed by atoms with Gasteiger partial charge in [0.25, 0.3) is 0 Å². The van der Waals surface area contributed by atoms with Crippen molar-refractivity contribution in [3.05, 3.63) is 0 Å². The summed E-state index contributed by atoms with van der Waals surface area (Å²) >= 11 is 0. The molecule has 0 aliphatic rings. The minimum absolute atomic E-state index is 0.0975. The molecule has 0 aromatic rings. The maximum Gasteiger partial charge on any atom is 0.339 e. The first-order valence-electron chi connectivity index (χ1n) is 8.33. The van der Waals surface area contributed by atoms with E-state index in [4.69, 9.17) is 18.1 Å². The molecule has 2 unspecified atom stereocenters. The Morgan fingerprint density at radius 1 is 0.654 bits per heavy atom. The molecule has 0 amide bonds. The van der Waals surface area contributed by atoms with E-state index in [0.29, 0.717) is 12.3 Å². The Hall–Kier alpha value is 0.530. The van der Waals surface area contributed by atoms with Crippen LogP contribution in [0, 0.1) is 10.8 Å². The van der Waals surface area contributed by atoms with Crippen LogP contribution in [0.3, 0.4) is 0 Å². The average molecular weight is 436 g/mol. The predicted molar refractivity (Wildman–Crippen MR) is 110 cm³/mol. The molecule has 0 aliphatic heterocycles. The largest absolute Gasteiger partial charge is 0.339 e. The van der Waals surface area contributed by atoms with Gasteiger partial charge in [-0.15, -0.1) is 0 Å². The third-order valence-electron chi connectivity index (χ3n) is 3.14. The highest BCUT2D eigenvalue weighted by atomic mass is 31.2. The fraction of sp³-hybridized carbons (Fsp3) is 1.00. The summed E-state index contributed by atoms with van der Waals surface area (Å²) in [6, 6.07) is 0. The van der Waals surface area contributed by atoms with Gasteiger partial charge < -0.3 is 18.1 Å². The number of hydrogen-bond acceptors (Lipinski definition) is 7. The lowest BCUT2D eigenvalue weighted by molar-refractivity contribution is 0.277. The third kappa shape index (κ3) is 14.6. The topological polar surface area (TPSA) is 88.1 Å². The predicted octanol–water partition coefficient (Wildman–Crippen LogP) is 5.99. The van der Waals surface area contributed by atoms with Crippen LogP contribution >= 0.6 is 22.3 Å². The van der Waals surface area contributed by atoms with Crippen molar-refractivity contribution >= 4 is 22.3 Å². The maximum absolute atomic E-state index is 12.4. The lowest BCUT2D eigenvalue weighted by Crippen LogP contribution is -2.15. The molecule has 0 radical (unpaired) electrons. The van der Waals surface area contributed by atoms with Gasteiger partial charge in [0.1, 0.15) is 5.90 Å². The molecule has 0 bridgehead atoms. The number of rotatable bonds is 8. The van der Waals surface area contributed by atoms with E-state index in [2.05, 4.69) is 20.8 Å². The summed E-state index contributed by atoms with van der Waals surface area (Å²) in [6.45, 7) is 13.7. The summed E-state index contributed by atoms with van der Waals surface area (Å²) in [5.41, 5.74) is -0.0713.